The quantitative estimate of drug-likeness (QED) is 0.380. The summed E-state index contributed by atoms with van der Waals surface area (Å²) in [6, 6.07) is 14.3. The molecule has 2 aromatic heterocycles. The molecule has 1 unspecified atom stereocenters. The highest BCUT2D eigenvalue weighted by Crippen LogP contribution is 2.29. The first kappa shape index (κ1) is 26.4. The summed E-state index contributed by atoms with van der Waals surface area (Å²) in [5.74, 6) is 1.49. The number of methoxy groups -OCH3 is 1. The van der Waals surface area contributed by atoms with E-state index in [0.717, 1.165) is 74.6 Å². The minimum atomic E-state index is -0.589. The van der Waals surface area contributed by atoms with Gasteiger partial charge in [0.25, 0.3) is 0 Å². The molecular weight excluding hydrogens is 481 g/mol. The van der Waals surface area contributed by atoms with Crippen LogP contribution in [0.4, 0.5) is 10.2 Å². The highest BCUT2D eigenvalue weighted by Gasteiger charge is 2.27. The fourth-order valence-electron chi connectivity index (χ4n) is 5.83. The van der Waals surface area contributed by atoms with Gasteiger partial charge in [0, 0.05) is 36.9 Å². The number of rotatable bonds is 10. The SMILES string of the molecule is COC(=O)CC(CN1CC[C@@H](CCc2ccc3c(n2)NCCC3)C1)c1cccc(-n2nc(CF)cc2C)c1. The van der Waals surface area contributed by atoms with Gasteiger partial charge in [0.05, 0.1) is 24.9 Å². The third-order valence-corrected chi connectivity index (χ3v) is 7.91. The maximum Gasteiger partial charge on any atom is 0.306 e. The molecule has 4 heterocycles. The molecule has 202 valence electrons. The van der Waals surface area contributed by atoms with Gasteiger partial charge < -0.3 is 15.0 Å². The van der Waals surface area contributed by atoms with Crippen molar-refractivity contribution in [3.05, 3.63) is 70.7 Å². The van der Waals surface area contributed by atoms with Crippen LogP contribution in [0.15, 0.2) is 42.5 Å². The van der Waals surface area contributed by atoms with Crippen molar-refractivity contribution in [2.75, 3.05) is 38.6 Å². The van der Waals surface area contributed by atoms with Gasteiger partial charge in [0.15, 0.2) is 0 Å². The number of likely N-dealkylation sites (tertiary alicyclic amines) is 1. The van der Waals surface area contributed by atoms with Crippen molar-refractivity contribution in [1.82, 2.24) is 19.7 Å². The van der Waals surface area contributed by atoms with E-state index in [4.69, 9.17) is 9.72 Å². The molecule has 2 atom stereocenters. The number of nitrogens with zero attached hydrogens (tertiary/aromatic N) is 4. The number of ether oxygens (including phenoxy) is 1. The number of benzene rings is 1. The van der Waals surface area contributed by atoms with E-state index >= 15 is 0 Å². The molecule has 2 aliphatic rings. The van der Waals surface area contributed by atoms with Crippen LogP contribution in [0.2, 0.25) is 0 Å². The van der Waals surface area contributed by atoms with Gasteiger partial charge in [-0.05, 0) is 86.9 Å². The molecule has 7 nitrogen and oxygen atoms in total. The van der Waals surface area contributed by atoms with E-state index in [1.165, 1.54) is 24.8 Å². The summed E-state index contributed by atoms with van der Waals surface area (Å²) in [6.07, 6.45) is 5.88. The molecule has 2 aliphatic heterocycles. The van der Waals surface area contributed by atoms with Crippen LogP contribution in [0.25, 0.3) is 5.69 Å². The Balaban J connectivity index is 1.23. The molecule has 0 aliphatic carbocycles. The molecule has 0 amide bonds. The van der Waals surface area contributed by atoms with Gasteiger partial charge in [0.1, 0.15) is 12.5 Å². The maximum absolute atomic E-state index is 13.2. The second kappa shape index (κ2) is 12.1. The lowest BCUT2D eigenvalue weighted by molar-refractivity contribution is -0.141. The van der Waals surface area contributed by atoms with Gasteiger partial charge in [-0.2, -0.15) is 5.10 Å². The number of aromatic nitrogens is 3. The number of carbonyl (C=O) groups is 1. The molecule has 8 heteroatoms. The van der Waals surface area contributed by atoms with Gasteiger partial charge in [0.2, 0.25) is 0 Å². The average molecular weight is 520 g/mol. The Bertz CT molecular complexity index is 1260. The largest absolute Gasteiger partial charge is 0.469 e. The van der Waals surface area contributed by atoms with Crippen LogP contribution < -0.4 is 5.32 Å². The summed E-state index contributed by atoms with van der Waals surface area (Å²) < 4.78 is 20.0. The third kappa shape index (κ3) is 6.23. The summed E-state index contributed by atoms with van der Waals surface area (Å²) in [5, 5.41) is 7.83. The Morgan fingerprint density at radius 1 is 1.24 bits per heavy atom. The van der Waals surface area contributed by atoms with Crippen LogP contribution in [-0.2, 0) is 29.0 Å². The minimum absolute atomic E-state index is 0.00560. The van der Waals surface area contributed by atoms with Gasteiger partial charge in [-0.15, -0.1) is 0 Å². The lowest BCUT2D eigenvalue weighted by atomic mass is 9.94. The predicted molar refractivity (Wildman–Crippen MR) is 146 cm³/mol. The van der Waals surface area contributed by atoms with E-state index in [0.29, 0.717) is 18.0 Å². The fourth-order valence-corrected chi connectivity index (χ4v) is 5.83. The van der Waals surface area contributed by atoms with Crippen LogP contribution in [0.5, 0.6) is 0 Å². The summed E-state index contributed by atoms with van der Waals surface area (Å²) in [7, 11) is 1.44. The Morgan fingerprint density at radius 3 is 2.95 bits per heavy atom. The Hall–Kier alpha value is -3.26. The van der Waals surface area contributed by atoms with Gasteiger partial charge in [-0.25, -0.2) is 14.1 Å². The molecule has 38 heavy (non-hydrogen) atoms. The van der Waals surface area contributed by atoms with Gasteiger partial charge >= 0.3 is 5.97 Å². The zero-order valence-corrected chi connectivity index (χ0v) is 22.5. The van der Waals surface area contributed by atoms with Crippen LogP contribution in [0, 0.1) is 12.8 Å². The molecule has 0 radical (unpaired) electrons. The number of hydrogen-bond donors (Lipinski definition) is 1. The number of carbonyl (C=O) groups excluding carboxylic acids is 1. The first-order valence-electron chi connectivity index (χ1n) is 13.8. The Kier molecular flexibility index (Phi) is 8.37. The summed E-state index contributed by atoms with van der Waals surface area (Å²) >= 11 is 0. The monoisotopic (exact) mass is 519 g/mol. The number of nitrogens with one attached hydrogen (secondary N) is 1. The third-order valence-electron chi connectivity index (χ3n) is 7.91. The standard InChI is InChI=1S/C30H38FN5O2/c1-21-15-27(18-31)34-36(21)28-7-3-5-24(16-28)25(17-29(37)38-2)20-35-14-12-22(19-35)8-10-26-11-9-23-6-4-13-32-30(23)33-26/h3,5,7,9,11,15-16,22,25H,4,6,8,10,12-14,17-20H2,1-2H3,(H,32,33)/t22-,25?/m1/s1. The number of anilines is 1. The van der Waals surface area contributed by atoms with Crippen LogP contribution in [0.3, 0.4) is 0 Å². The van der Waals surface area contributed by atoms with Crippen molar-refractivity contribution >= 4 is 11.8 Å². The van der Waals surface area contributed by atoms with E-state index < -0.39 is 6.67 Å². The highest BCUT2D eigenvalue weighted by molar-refractivity contribution is 5.70. The van der Waals surface area contributed by atoms with E-state index in [1.807, 2.05) is 19.1 Å². The summed E-state index contributed by atoms with van der Waals surface area (Å²) in [5.41, 5.74) is 5.75. The number of alkyl halides is 1. The number of halogens is 1. The summed E-state index contributed by atoms with van der Waals surface area (Å²) in [4.78, 5) is 19.7. The van der Waals surface area contributed by atoms with E-state index in [1.54, 1.807) is 10.7 Å². The summed E-state index contributed by atoms with van der Waals surface area (Å²) in [6.45, 7) is 5.19. The lowest BCUT2D eigenvalue weighted by Crippen LogP contribution is -2.28. The number of aryl methyl sites for hydroxylation is 3. The molecule has 0 bridgehead atoms. The molecule has 1 fully saturated rings. The molecule has 0 spiro atoms. The first-order valence-corrected chi connectivity index (χ1v) is 13.8. The van der Waals surface area contributed by atoms with Crippen LogP contribution >= 0.6 is 0 Å². The van der Waals surface area contributed by atoms with Gasteiger partial charge in [-0.3, -0.25) is 4.79 Å². The van der Waals surface area contributed by atoms with Crippen molar-refractivity contribution in [2.24, 2.45) is 5.92 Å². The molecule has 5 rings (SSSR count). The highest BCUT2D eigenvalue weighted by atomic mass is 19.1. The van der Waals surface area contributed by atoms with E-state index in [2.05, 4.69) is 39.6 Å². The van der Waals surface area contributed by atoms with E-state index in [-0.39, 0.29) is 11.9 Å². The molecule has 1 aromatic carbocycles. The fraction of sp³-hybridized carbons (Fsp3) is 0.500. The lowest BCUT2D eigenvalue weighted by Gasteiger charge is -2.24. The molecule has 1 saturated heterocycles. The number of pyridine rings is 1. The smallest absolute Gasteiger partial charge is 0.306 e. The first-order chi connectivity index (χ1) is 18.5. The van der Waals surface area contributed by atoms with Crippen molar-refractivity contribution < 1.29 is 13.9 Å². The molecule has 3 aromatic rings. The zero-order valence-electron chi connectivity index (χ0n) is 22.5. The van der Waals surface area contributed by atoms with Crippen LogP contribution in [-0.4, -0.2) is 58.9 Å². The second-order valence-electron chi connectivity index (χ2n) is 10.7. The number of esters is 1. The Labute approximate surface area is 224 Å². The average Bonchev–Trinajstić information content (AvgIpc) is 3.57. The van der Waals surface area contributed by atoms with Crippen LogP contribution in [0.1, 0.15) is 59.8 Å². The van der Waals surface area contributed by atoms with Crippen molar-refractivity contribution in [1.29, 1.82) is 0 Å². The topological polar surface area (TPSA) is 72.3 Å². The molecule has 1 N–H and O–H groups in total. The van der Waals surface area contributed by atoms with E-state index in [9.17, 15) is 9.18 Å². The number of hydrogen-bond acceptors (Lipinski definition) is 6. The number of fused-ring (bicyclic) bond motifs is 1. The van der Waals surface area contributed by atoms with Gasteiger partial charge in [-0.1, -0.05) is 18.2 Å². The maximum atomic E-state index is 13.2. The predicted octanol–water partition coefficient (Wildman–Crippen LogP) is 5.00. The second-order valence-corrected chi connectivity index (χ2v) is 10.7. The van der Waals surface area contributed by atoms with Crippen molar-refractivity contribution in [3.8, 4) is 5.69 Å². The minimum Gasteiger partial charge on any atom is -0.469 e. The normalized spacial score (nSPS) is 18.1. The zero-order chi connectivity index (χ0) is 26.5. The Morgan fingerprint density at radius 2 is 2.13 bits per heavy atom. The van der Waals surface area contributed by atoms with Crippen molar-refractivity contribution in [2.45, 2.75) is 58.0 Å². The molecule has 0 saturated carbocycles. The molecular formula is C30H38FN5O2. The van der Waals surface area contributed by atoms with Crippen molar-refractivity contribution in [3.63, 3.8) is 0 Å².